The summed E-state index contributed by atoms with van der Waals surface area (Å²) in [6.07, 6.45) is 1.24. The summed E-state index contributed by atoms with van der Waals surface area (Å²) in [7, 11) is -4.05. The fraction of sp³-hybridized carbons (Fsp3) is 0.154. The first-order valence-corrected chi connectivity index (χ1v) is 7.99. The normalized spacial score (nSPS) is 11.4. The van der Waals surface area contributed by atoms with Gasteiger partial charge in [-0.25, -0.2) is 9.37 Å². The molecule has 2 rings (SSSR count). The molecule has 4 nitrogen and oxygen atoms in total. The molecule has 0 aliphatic heterocycles. The van der Waals surface area contributed by atoms with Gasteiger partial charge in [-0.1, -0.05) is 15.9 Å². The number of anilines is 1. The maximum absolute atomic E-state index is 13.6. The Kier molecular flexibility index (Phi) is 4.10. The first-order chi connectivity index (χ1) is 9.31. The predicted molar refractivity (Wildman–Crippen MR) is 78.6 cm³/mol. The minimum absolute atomic E-state index is 0.429. The predicted octanol–water partition coefficient (Wildman–Crippen LogP) is 3.40. The highest BCUT2D eigenvalue weighted by atomic mass is 79.9. The van der Waals surface area contributed by atoms with Crippen LogP contribution in [0.4, 0.5) is 10.1 Å². The maximum Gasteiger partial charge on any atom is 0.282 e. The number of rotatable bonds is 3. The highest BCUT2D eigenvalue weighted by Crippen LogP contribution is 2.27. The first kappa shape index (κ1) is 14.9. The summed E-state index contributed by atoms with van der Waals surface area (Å²) < 4.78 is 41.2. The van der Waals surface area contributed by atoms with Gasteiger partial charge in [0, 0.05) is 10.7 Å². The molecule has 1 aromatic carbocycles. The Labute approximate surface area is 125 Å². The molecule has 0 radical (unpaired) electrons. The number of nitrogens with zero attached hydrogens (tertiary/aromatic N) is 1. The summed E-state index contributed by atoms with van der Waals surface area (Å²) in [4.78, 5) is 3.59. The van der Waals surface area contributed by atoms with E-state index in [4.69, 9.17) is 0 Å². The third kappa shape index (κ3) is 2.99. The summed E-state index contributed by atoms with van der Waals surface area (Å²) in [5.41, 5.74) is 1.90. The molecule has 0 amide bonds. The quantitative estimate of drug-likeness (QED) is 0.914. The van der Waals surface area contributed by atoms with Crippen molar-refractivity contribution in [2.24, 2.45) is 0 Å². The van der Waals surface area contributed by atoms with E-state index in [1.54, 1.807) is 26.0 Å². The summed E-state index contributed by atoms with van der Waals surface area (Å²) >= 11 is 3.33. The lowest BCUT2D eigenvalue weighted by Crippen LogP contribution is -2.17. The van der Waals surface area contributed by atoms with E-state index in [-0.39, 0.29) is 0 Å². The molecular weight excluding hydrogens is 347 g/mol. The fourth-order valence-corrected chi connectivity index (χ4v) is 3.72. The minimum atomic E-state index is -4.05. The second-order valence-corrected chi connectivity index (χ2v) is 6.82. The highest BCUT2D eigenvalue weighted by Gasteiger charge is 2.22. The molecule has 106 valence electrons. The maximum atomic E-state index is 13.6. The number of halogens is 2. The highest BCUT2D eigenvalue weighted by molar-refractivity contribution is 9.10. The van der Waals surface area contributed by atoms with Crippen molar-refractivity contribution in [3.05, 3.63) is 51.9 Å². The van der Waals surface area contributed by atoms with Crippen molar-refractivity contribution < 1.29 is 12.8 Å². The molecule has 20 heavy (non-hydrogen) atoms. The number of benzene rings is 1. The number of aryl methyl sites for hydroxylation is 2. The van der Waals surface area contributed by atoms with Crippen LogP contribution < -0.4 is 4.72 Å². The summed E-state index contributed by atoms with van der Waals surface area (Å²) in [6, 6.07) is 5.95. The number of hydrogen-bond acceptors (Lipinski definition) is 3. The van der Waals surface area contributed by atoms with E-state index in [2.05, 4.69) is 25.6 Å². The average molecular weight is 359 g/mol. The fourth-order valence-electron chi connectivity index (χ4n) is 1.82. The van der Waals surface area contributed by atoms with Gasteiger partial charge in [0.15, 0.2) is 5.82 Å². The lowest BCUT2D eigenvalue weighted by molar-refractivity contribution is 0.556. The van der Waals surface area contributed by atoms with Crippen LogP contribution in [0.15, 0.2) is 40.0 Å². The first-order valence-electron chi connectivity index (χ1n) is 5.71. The molecule has 0 spiro atoms. The summed E-state index contributed by atoms with van der Waals surface area (Å²) in [6.45, 7) is 3.54. The van der Waals surface area contributed by atoms with Crippen LogP contribution in [-0.4, -0.2) is 13.4 Å². The van der Waals surface area contributed by atoms with E-state index >= 15 is 0 Å². The van der Waals surface area contributed by atoms with Crippen LogP contribution in [0, 0.1) is 19.7 Å². The van der Waals surface area contributed by atoms with E-state index in [0.29, 0.717) is 5.69 Å². The van der Waals surface area contributed by atoms with Gasteiger partial charge in [0.25, 0.3) is 10.0 Å². The molecule has 1 aromatic heterocycles. The van der Waals surface area contributed by atoms with Crippen molar-refractivity contribution in [2.75, 3.05) is 4.72 Å². The molecule has 0 saturated carbocycles. The molecule has 1 heterocycles. The van der Waals surface area contributed by atoms with Gasteiger partial charge < -0.3 is 0 Å². The smallest absolute Gasteiger partial charge is 0.278 e. The minimum Gasteiger partial charge on any atom is -0.278 e. The van der Waals surface area contributed by atoms with Gasteiger partial charge in [-0.2, -0.15) is 8.42 Å². The molecule has 0 aliphatic rings. The lowest BCUT2D eigenvalue weighted by atomic mass is 10.1. The van der Waals surface area contributed by atoms with E-state index in [9.17, 15) is 12.8 Å². The van der Waals surface area contributed by atoms with Gasteiger partial charge in [-0.05, 0) is 49.2 Å². The van der Waals surface area contributed by atoms with Crippen molar-refractivity contribution in [3.8, 4) is 0 Å². The zero-order valence-electron chi connectivity index (χ0n) is 10.8. The molecule has 2 aromatic rings. The van der Waals surface area contributed by atoms with Crippen LogP contribution in [0.3, 0.4) is 0 Å². The third-order valence-electron chi connectivity index (χ3n) is 2.71. The van der Waals surface area contributed by atoms with Crippen molar-refractivity contribution in [1.82, 2.24) is 4.98 Å². The number of pyridine rings is 1. The largest absolute Gasteiger partial charge is 0.282 e. The number of sulfonamides is 1. The van der Waals surface area contributed by atoms with Gasteiger partial charge in [-0.3, -0.25) is 4.72 Å². The molecule has 0 bridgehead atoms. The van der Waals surface area contributed by atoms with E-state index in [0.717, 1.165) is 21.7 Å². The van der Waals surface area contributed by atoms with Crippen molar-refractivity contribution in [2.45, 2.75) is 18.9 Å². The van der Waals surface area contributed by atoms with Gasteiger partial charge in [0.1, 0.15) is 0 Å². The zero-order valence-corrected chi connectivity index (χ0v) is 13.2. The summed E-state index contributed by atoms with van der Waals surface area (Å²) in [5.74, 6) is -0.882. The SMILES string of the molecule is Cc1cc(Br)cc(C)c1NS(=O)(=O)c1ncccc1F. The molecule has 0 unspecified atom stereocenters. The average Bonchev–Trinajstić information content (AvgIpc) is 2.34. The Morgan fingerprint density at radius 3 is 2.40 bits per heavy atom. The molecule has 0 fully saturated rings. The molecule has 0 saturated heterocycles. The van der Waals surface area contributed by atoms with Crippen LogP contribution in [0.2, 0.25) is 0 Å². The van der Waals surface area contributed by atoms with Crippen LogP contribution in [-0.2, 0) is 10.0 Å². The second kappa shape index (κ2) is 5.49. The van der Waals surface area contributed by atoms with Gasteiger partial charge >= 0.3 is 0 Å². The van der Waals surface area contributed by atoms with Gasteiger partial charge in [0.2, 0.25) is 5.03 Å². The molecule has 0 aliphatic carbocycles. The Balaban J connectivity index is 2.47. The van der Waals surface area contributed by atoms with Crippen molar-refractivity contribution in [1.29, 1.82) is 0 Å². The van der Waals surface area contributed by atoms with Crippen molar-refractivity contribution in [3.63, 3.8) is 0 Å². The van der Waals surface area contributed by atoms with Crippen LogP contribution in [0.1, 0.15) is 11.1 Å². The summed E-state index contributed by atoms with van der Waals surface area (Å²) in [5, 5.41) is -0.610. The second-order valence-electron chi connectivity index (χ2n) is 4.31. The van der Waals surface area contributed by atoms with Crippen molar-refractivity contribution >= 4 is 31.6 Å². The number of hydrogen-bond donors (Lipinski definition) is 1. The Morgan fingerprint density at radius 2 is 1.85 bits per heavy atom. The third-order valence-corrected chi connectivity index (χ3v) is 4.45. The molecule has 0 atom stereocenters. The zero-order chi connectivity index (χ0) is 14.9. The van der Waals surface area contributed by atoms with Gasteiger partial charge in [0.05, 0.1) is 5.69 Å². The van der Waals surface area contributed by atoms with Crippen LogP contribution >= 0.6 is 15.9 Å². The molecule has 7 heteroatoms. The van der Waals surface area contributed by atoms with E-state index in [1.165, 1.54) is 12.3 Å². The number of aromatic nitrogens is 1. The molecule has 1 N–H and O–H groups in total. The topological polar surface area (TPSA) is 59.1 Å². The Bertz CT molecular complexity index is 740. The van der Waals surface area contributed by atoms with E-state index in [1.807, 2.05) is 0 Å². The Hall–Kier alpha value is -1.47. The van der Waals surface area contributed by atoms with Crippen LogP contribution in [0.25, 0.3) is 0 Å². The standard InChI is InChI=1S/C13H12BrFN2O2S/c1-8-6-10(14)7-9(2)12(8)17-20(18,19)13-11(15)4-3-5-16-13/h3-7,17H,1-2H3. The Morgan fingerprint density at radius 1 is 1.25 bits per heavy atom. The number of nitrogens with one attached hydrogen (secondary N) is 1. The monoisotopic (exact) mass is 358 g/mol. The lowest BCUT2D eigenvalue weighted by Gasteiger charge is -2.13. The molecular formula is C13H12BrFN2O2S. The van der Waals surface area contributed by atoms with E-state index < -0.39 is 20.9 Å². The van der Waals surface area contributed by atoms with Gasteiger partial charge in [-0.15, -0.1) is 0 Å². The van der Waals surface area contributed by atoms with Crippen LogP contribution in [0.5, 0.6) is 0 Å².